The number of fused-ring (bicyclic) bond motifs is 3. The molecule has 0 aliphatic carbocycles. The van der Waals surface area contributed by atoms with Crippen LogP contribution >= 0.6 is 0 Å². The minimum atomic E-state index is -0.429. The van der Waals surface area contributed by atoms with Gasteiger partial charge in [0.05, 0.1) is 18.3 Å². The summed E-state index contributed by atoms with van der Waals surface area (Å²) in [5, 5.41) is 1.95. The van der Waals surface area contributed by atoms with Crippen LogP contribution in [0.1, 0.15) is 24.3 Å². The first-order valence-corrected chi connectivity index (χ1v) is 8.78. The molecule has 0 aliphatic heterocycles. The number of rotatable bonds is 3. The predicted molar refractivity (Wildman–Crippen MR) is 109 cm³/mol. The smallest absolute Gasteiger partial charge is 0.283 e. The van der Waals surface area contributed by atoms with E-state index < -0.39 is 5.91 Å². The number of amides is 1. The Morgan fingerprint density at radius 1 is 1.07 bits per heavy atom. The molecule has 4 N–H and O–H groups in total. The van der Waals surface area contributed by atoms with Gasteiger partial charge in [0.25, 0.3) is 5.91 Å². The number of aromatic nitrogens is 2. The molecular formula is C21H22N4O2. The number of carbonyl (C=O) groups is 1. The molecule has 6 heteroatoms. The fraction of sp³-hybridized carbons (Fsp3) is 0.143. The standard InChI is InChI=1S/C19H16N4O2.C2H6/c1-25-12-8-6-11(7-9-12)17-18-14(10-16(22-17)19(24)23-20)13-4-2-3-5-15(13)21-18;1-2/h2-10,21H,20H2,1H3,(H,23,24);1-2H3. The molecule has 0 bridgehead atoms. The third kappa shape index (κ3) is 3.35. The van der Waals surface area contributed by atoms with E-state index in [0.29, 0.717) is 5.69 Å². The fourth-order valence-electron chi connectivity index (χ4n) is 2.99. The van der Waals surface area contributed by atoms with Crippen molar-refractivity contribution in [1.29, 1.82) is 0 Å². The van der Waals surface area contributed by atoms with Gasteiger partial charge in [-0.2, -0.15) is 0 Å². The van der Waals surface area contributed by atoms with Crippen LogP contribution in [0.15, 0.2) is 54.6 Å². The van der Waals surface area contributed by atoms with Crippen LogP contribution in [0.25, 0.3) is 33.1 Å². The number of hydrazine groups is 1. The van der Waals surface area contributed by atoms with Crippen molar-refractivity contribution in [3.05, 3.63) is 60.3 Å². The van der Waals surface area contributed by atoms with E-state index in [1.54, 1.807) is 13.2 Å². The number of nitrogens with two attached hydrogens (primary N) is 1. The molecule has 0 unspecified atom stereocenters. The summed E-state index contributed by atoms with van der Waals surface area (Å²) in [4.78, 5) is 20.0. The zero-order chi connectivity index (χ0) is 19.4. The summed E-state index contributed by atoms with van der Waals surface area (Å²) < 4.78 is 5.21. The average Bonchev–Trinajstić information content (AvgIpc) is 3.12. The first kappa shape index (κ1) is 18.4. The number of aromatic amines is 1. The number of pyridine rings is 1. The second-order valence-electron chi connectivity index (χ2n) is 5.65. The minimum Gasteiger partial charge on any atom is -0.497 e. The molecule has 0 fully saturated rings. The summed E-state index contributed by atoms with van der Waals surface area (Å²) in [6, 6.07) is 17.2. The van der Waals surface area contributed by atoms with Crippen molar-refractivity contribution in [2.75, 3.05) is 7.11 Å². The van der Waals surface area contributed by atoms with Crippen molar-refractivity contribution in [3.63, 3.8) is 0 Å². The number of nitrogen functional groups attached to an aromatic ring is 1. The number of ether oxygens (including phenoxy) is 1. The third-order valence-electron chi connectivity index (χ3n) is 4.22. The first-order chi connectivity index (χ1) is 13.2. The molecule has 4 rings (SSSR count). The number of hydrogen-bond acceptors (Lipinski definition) is 4. The lowest BCUT2D eigenvalue weighted by Gasteiger charge is -2.07. The number of methoxy groups -OCH3 is 1. The lowest BCUT2D eigenvalue weighted by molar-refractivity contribution is 0.0949. The maximum atomic E-state index is 12.1. The summed E-state index contributed by atoms with van der Waals surface area (Å²) in [7, 11) is 1.62. The fourth-order valence-corrected chi connectivity index (χ4v) is 2.99. The van der Waals surface area contributed by atoms with Gasteiger partial charge in [-0.3, -0.25) is 10.2 Å². The van der Waals surface area contributed by atoms with E-state index >= 15 is 0 Å². The topological polar surface area (TPSA) is 93.0 Å². The van der Waals surface area contributed by atoms with E-state index in [0.717, 1.165) is 33.1 Å². The number of benzene rings is 2. The quantitative estimate of drug-likeness (QED) is 0.291. The SMILES string of the molecule is CC.COc1ccc(-c2nc(C(=O)NN)cc3c2[nH]c2ccccc23)cc1. The van der Waals surface area contributed by atoms with Gasteiger partial charge in [-0.15, -0.1) is 0 Å². The van der Waals surface area contributed by atoms with Crippen molar-refractivity contribution >= 4 is 27.7 Å². The van der Waals surface area contributed by atoms with Crippen LogP contribution in [0.2, 0.25) is 0 Å². The van der Waals surface area contributed by atoms with E-state index in [1.807, 2.05) is 62.4 Å². The molecule has 0 atom stereocenters. The monoisotopic (exact) mass is 362 g/mol. The van der Waals surface area contributed by atoms with Gasteiger partial charge in [-0.05, 0) is 36.4 Å². The van der Waals surface area contributed by atoms with Gasteiger partial charge in [0, 0.05) is 21.9 Å². The van der Waals surface area contributed by atoms with Crippen molar-refractivity contribution in [2.24, 2.45) is 5.84 Å². The van der Waals surface area contributed by atoms with Crippen LogP contribution in [0.4, 0.5) is 0 Å². The summed E-state index contributed by atoms with van der Waals surface area (Å²) in [5.41, 5.74) is 5.85. The van der Waals surface area contributed by atoms with E-state index in [2.05, 4.69) is 15.4 Å². The second kappa shape index (κ2) is 7.88. The van der Waals surface area contributed by atoms with E-state index in [-0.39, 0.29) is 5.69 Å². The number of para-hydroxylation sites is 1. The zero-order valence-electron chi connectivity index (χ0n) is 15.5. The molecule has 1 amide bonds. The molecule has 138 valence electrons. The van der Waals surface area contributed by atoms with Gasteiger partial charge in [0.1, 0.15) is 11.4 Å². The van der Waals surface area contributed by atoms with Gasteiger partial charge in [0.2, 0.25) is 0 Å². The molecule has 0 saturated heterocycles. The molecule has 0 saturated carbocycles. The predicted octanol–water partition coefficient (Wildman–Crippen LogP) is 4.02. The molecule has 27 heavy (non-hydrogen) atoms. The van der Waals surface area contributed by atoms with Crippen LogP contribution < -0.4 is 16.0 Å². The Labute approximate surface area is 157 Å². The van der Waals surface area contributed by atoms with E-state index in [1.165, 1.54) is 0 Å². The summed E-state index contributed by atoms with van der Waals surface area (Å²) in [5.74, 6) is 5.63. The molecule has 6 nitrogen and oxygen atoms in total. The van der Waals surface area contributed by atoms with Crippen LogP contribution in [0.5, 0.6) is 5.75 Å². The number of H-pyrrole nitrogens is 1. The van der Waals surface area contributed by atoms with Gasteiger partial charge >= 0.3 is 0 Å². The number of nitrogens with one attached hydrogen (secondary N) is 2. The lowest BCUT2D eigenvalue weighted by Crippen LogP contribution is -2.30. The van der Waals surface area contributed by atoms with Gasteiger partial charge in [0.15, 0.2) is 0 Å². The maximum absolute atomic E-state index is 12.1. The summed E-state index contributed by atoms with van der Waals surface area (Å²) >= 11 is 0. The van der Waals surface area contributed by atoms with E-state index in [4.69, 9.17) is 10.6 Å². The zero-order valence-corrected chi connectivity index (χ0v) is 15.5. The molecule has 0 aliphatic rings. The highest BCUT2D eigenvalue weighted by Crippen LogP contribution is 2.33. The van der Waals surface area contributed by atoms with Crippen LogP contribution in [0.3, 0.4) is 0 Å². The molecular weight excluding hydrogens is 340 g/mol. The van der Waals surface area contributed by atoms with Crippen molar-refractivity contribution in [1.82, 2.24) is 15.4 Å². The van der Waals surface area contributed by atoms with Gasteiger partial charge < -0.3 is 9.72 Å². The highest BCUT2D eigenvalue weighted by molar-refractivity contribution is 6.13. The average molecular weight is 362 g/mol. The molecule has 0 spiro atoms. The Balaban J connectivity index is 0.00000102. The van der Waals surface area contributed by atoms with Gasteiger partial charge in [-0.25, -0.2) is 10.8 Å². The Bertz CT molecular complexity index is 1080. The molecule has 2 heterocycles. The Morgan fingerprint density at radius 2 is 1.78 bits per heavy atom. The number of nitrogens with zero attached hydrogens (tertiary/aromatic N) is 1. The maximum Gasteiger partial charge on any atom is 0.283 e. The van der Waals surface area contributed by atoms with Crippen LogP contribution in [0, 0.1) is 0 Å². The first-order valence-electron chi connectivity index (χ1n) is 8.78. The van der Waals surface area contributed by atoms with E-state index in [9.17, 15) is 4.79 Å². The molecule has 2 aromatic heterocycles. The molecule has 0 radical (unpaired) electrons. The lowest BCUT2D eigenvalue weighted by atomic mass is 10.1. The minimum absolute atomic E-state index is 0.269. The Kier molecular flexibility index (Phi) is 5.38. The molecule has 2 aromatic carbocycles. The van der Waals surface area contributed by atoms with Crippen molar-refractivity contribution in [2.45, 2.75) is 13.8 Å². The van der Waals surface area contributed by atoms with Crippen LogP contribution in [-0.2, 0) is 0 Å². The molecule has 4 aromatic rings. The second-order valence-corrected chi connectivity index (χ2v) is 5.65. The highest BCUT2D eigenvalue weighted by Gasteiger charge is 2.16. The largest absolute Gasteiger partial charge is 0.497 e. The highest BCUT2D eigenvalue weighted by atomic mass is 16.5. The summed E-state index contributed by atoms with van der Waals surface area (Å²) in [6.45, 7) is 4.00. The van der Waals surface area contributed by atoms with Crippen molar-refractivity contribution in [3.8, 4) is 17.0 Å². The normalized spacial score (nSPS) is 10.4. The Hall–Kier alpha value is -3.38. The summed E-state index contributed by atoms with van der Waals surface area (Å²) in [6.07, 6.45) is 0. The van der Waals surface area contributed by atoms with Crippen LogP contribution in [-0.4, -0.2) is 23.0 Å². The van der Waals surface area contributed by atoms with Gasteiger partial charge in [-0.1, -0.05) is 32.0 Å². The Morgan fingerprint density at radius 3 is 2.44 bits per heavy atom. The number of carbonyl (C=O) groups excluding carboxylic acids is 1. The third-order valence-corrected chi connectivity index (χ3v) is 4.22. The number of hydrogen-bond donors (Lipinski definition) is 3. The van der Waals surface area contributed by atoms with Crippen molar-refractivity contribution < 1.29 is 9.53 Å².